The topological polar surface area (TPSA) is 86.7 Å². The van der Waals surface area contributed by atoms with Crippen LogP contribution >= 0.6 is 0 Å². The molecule has 0 saturated heterocycles. The minimum atomic E-state index is -0.300. The van der Waals surface area contributed by atoms with Gasteiger partial charge in [-0.15, -0.1) is 0 Å². The zero-order valence-electron chi connectivity index (χ0n) is 18.7. The first-order chi connectivity index (χ1) is 14.8. The number of hydrogen-bond acceptors (Lipinski definition) is 6. The van der Waals surface area contributed by atoms with Gasteiger partial charge >= 0.3 is 11.9 Å². The number of esters is 2. The van der Waals surface area contributed by atoms with E-state index in [4.69, 9.17) is 9.47 Å². The first-order valence-electron chi connectivity index (χ1n) is 12.0. The van der Waals surface area contributed by atoms with Crippen molar-refractivity contribution in [1.82, 2.24) is 0 Å². The van der Waals surface area contributed by atoms with E-state index in [0.29, 0.717) is 35.5 Å². The van der Waals surface area contributed by atoms with Gasteiger partial charge in [0.1, 0.15) is 11.6 Å². The third-order valence-electron chi connectivity index (χ3n) is 11.0. The predicted octanol–water partition coefficient (Wildman–Crippen LogP) is 2.39. The smallest absolute Gasteiger partial charge is 0.309 e. The van der Waals surface area contributed by atoms with E-state index in [1.165, 1.54) is 14.2 Å². The van der Waals surface area contributed by atoms with Gasteiger partial charge in [0, 0.05) is 11.8 Å². The number of methoxy groups -OCH3 is 2. The molecular weight excluding hydrogens is 396 g/mol. The number of fused-ring (bicyclic) bond motifs is 16. The molecule has 0 aromatic rings. The highest BCUT2D eigenvalue weighted by Gasteiger charge is 2.77. The van der Waals surface area contributed by atoms with Gasteiger partial charge < -0.3 is 9.47 Å². The van der Waals surface area contributed by atoms with Gasteiger partial charge in [0.15, 0.2) is 0 Å². The lowest BCUT2D eigenvalue weighted by Crippen LogP contribution is -2.51. The number of ketones is 2. The zero-order chi connectivity index (χ0) is 21.9. The molecule has 6 aliphatic carbocycles. The molecule has 6 bridgehead atoms. The molecule has 0 aromatic carbocycles. The number of hydrogen-bond donors (Lipinski definition) is 0. The van der Waals surface area contributed by atoms with Crippen molar-refractivity contribution in [3.63, 3.8) is 0 Å². The van der Waals surface area contributed by atoms with Crippen LogP contribution in [0.25, 0.3) is 0 Å². The average molecular weight is 429 g/mol. The van der Waals surface area contributed by atoms with Crippen molar-refractivity contribution < 1.29 is 28.7 Å². The SMILES string of the molecule is COC(=O)C1C2CC(C1C(C)=O)C1C3CC(C21)C1C2CC(C(C(C)=O)C2C(=O)OC)C31. The molecule has 6 nitrogen and oxygen atoms in total. The third kappa shape index (κ3) is 2.20. The molecular formula is C25H32O6. The van der Waals surface area contributed by atoms with Gasteiger partial charge in [0.05, 0.1) is 26.1 Å². The van der Waals surface area contributed by atoms with Crippen LogP contribution in [0, 0.1) is 82.9 Å². The summed E-state index contributed by atoms with van der Waals surface area (Å²) in [7, 11) is 2.86. The average Bonchev–Trinajstić information content (AvgIpc) is 3.53. The van der Waals surface area contributed by atoms with Crippen LogP contribution in [0.15, 0.2) is 0 Å². The van der Waals surface area contributed by atoms with Gasteiger partial charge in [-0.3, -0.25) is 19.2 Å². The second-order valence-electron chi connectivity index (χ2n) is 11.4. The highest BCUT2D eigenvalue weighted by molar-refractivity contribution is 5.88. The summed E-state index contributed by atoms with van der Waals surface area (Å²) in [5, 5.41) is 0. The van der Waals surface area contributed by atoms with Crippen LogP contribution in [0.4, 0.5) is 0 Å². The fourth-order valence-electron chi connectivity index (χ4n) is 10.9. The molecule has 0 aromatic heterocycles. The molecule has 31 heavy (non-hydrogen) atoms. The second kappa shape index (κ2) is 6.41. The Morgan fingerprint density at radius 1 is 0.516 bits per heavy atom. The van der Waals surface area contributed by atoms with Crippen molar-refractivity contribution >= 4 is 23.5 Å². The molecule has 6 saturated carbocycles. The first kappa shape index (κ1) is 19.9. The summed E-state index contributed by atoms with van der Waals surface area (Å²) in [5.74, 6) is 2.76. The number of carbonyl (C=O) groups excluding carboxylic acids is 4. The van der Waals surface area contributed by atoms with E-state index in [1.807, 2.05) is 0 Å². The minimum absolute atomic E-state index is 0.126. The summed E-state index contributed by atoms with van der Waals surface area (Å²) in [6, 6.07) is 0. The Labute approximate surface area is 182 Å². The maximum atomic E-state index is 12.7. The van der Waals surface area contributed by atoms with Gasteiger partial charge in [0.2, 0.25) is 0 Å². The molecule has 0 spiro atoms. The maximum Gasteiger partial charge on any atom is 0.309 e. The molecule has 168 valence electrons. The summed E-state index contributed by atoms with van der Waals surface area (Å²) in [6.45, 7) is 3.27. The molecule has 12 unspecified atom stereocenters. The summed E-state index contributed by atoms with van der Waals surface area (Å²) < 4.78 is 10.3. The van der Waals surface area contributed by atoms with Crippen LogP contribution in [0.5, 0.6) is 0 Å². The van der Waals surface area contributed by atoms with Crippen molar-refractivity contribution in [3.8, 4) is 0 Å². The van der Waals surface area contributed by atoms with E-state index in [2.05, 4.69) is 0 Å². The quantitative estimate of drug-likeness (QED) is 0.505. The van der Waals surface area contributed by atoms with Crippen LogP contribution < -0.4 is 0 Å². The van der Waals surface area contributed by atoms with Crippen LogP contribution in [0.1, 0.15) is 33.1 Å². The van der Waals surface area contributed by atoms with Gasteiger partial charge in [0.25, 0.3) is 0 Å². The molecule has 6 fully saturated rings. The fraction of sp³-hybridized carbons (Fsp3) is 0.840. The van der Waals surface area contributed by atoms with Crippen molar-refractivity contribution in [2.75, 3.05) is 14.2 Å². The van der Waals surface area contributed by atoms with Crippen LogP contribution in [0.2, 0.25) is 0 Å². The van der Waals surface area contributed by atoms with Crippen molar-refractivity contribution in [1.29, 1.82) is 0 Å². The zero-order valence-corrected chi connectivity index (χ0v) is 18.7. The van der Waals surface area contributed by atoms with Gasteiger partial charge in [-0.2, -0.15) is 0 Å². The van der Waals surface area contributed by atoms with Gasteiger partial charge in [-0.1, -0.05) is 0 Å². The Morgan fingerprint density at radius 3 is 1.10 bits per heavy atom. The number of rotatable bonds is 4. The van der Waals surface area contributed by atoms with E-state index >= 15 is 0 Å². The Bertz CT molecular complexity index is 811. The maximum absolute atomic E-state index is 12.7. The molecule has 6 aliphatic rings. The molecule has 6 rings (SSSR count). The molecule has 0 aliphatic heterocycles. The van der Waals surface area contributed by atoms with Crippen LogP contribution in [-0.4, -0.2) is 37.7 Å². The number of Topliss-reactive ketones (excluding diaryl/α,β-unsaturated/α-hetero) is 2. The fourth-order valence-corrected chi connectivity index (χ4v) is 10.9. The lowest BCUT2D eigenvalue weighted by Gasteiger charge is -2.50. The predicted molar refractivity (Wildman–Crippen MR) is 108 cm³/mol. The lowest BCUT2D eigenvalue weighted by atomic mass is 9.53. The molecule has 0 amide bonds. The van der Waals surface area contributed by atoms with Crippen molar-refractivity contribution in [2.24, 2.45) is 82.9 Å². The van der Waals surface area contributed by atoms with Crippen molar-refractivity contribution in [3.05, 3.63) is 0 Å². The summed E-state index contributed by atoms with van der Waals surface area (Å²) in [6.07, 6.45) is 3.05. The molecule has 6 heteroatoms. The largest absolute Gasteiger partial charge is 0.469 e. The van der Waals surface area contributed by atoms with Crippen LogP contribution in [-0.2, 0) is 28.7 Å². The first-order valence-corrected chi connectivity index (χ1v) is 12.0. The highest BCUT2D eigenvalue weighted by atomic mass is 16.5. The standard InChI is InChI=1S/C25H32O6/c1-8(26)16-10-5-14(22(16)24(28)30-3)20-13-7-12(18(10)20)19-11-6-15(21(13)19)23(25(29)31-4)17(11)9(2)27/h10-23H,5-7H2,1-4H3. The number of carbonyl (C=O) groups is 4. The summed E-state index contributed by atoms with van der Waals surface area (Å²) >= 11 is 0. The van der Waals surface area contributed by atoms with Gasteiger partial charge in [-0.05, 0) is 92.3 Å². The highest BCUT2D eigenvalue weighted by Crippen LogP contribution is 2.79. The third-order valence-corrected chi connectivity index (χ3v) is 11.0. The summed E-state index contributed by atoms with van der Waals surface area (Å²) in [5.41, 5.74) is 0. The van der Waals surface area contributed by atoms with Crippen LogP contribution in [0.3, 0.4) is 0 Å². The van der Waals surface area contributed by atoms with Gasteiger partial charge in [-0.25, -0.2) is 0 Å². The summed E-state index contributed by atoms with van der Waals surface area (Å²) in [4.78, 5) is 50.6. The molecule has 0 radical (unpaired) electrons. The lowest BCUT2D eigenvalue weighted by molar-refractivity contribution is -0.160. The Balaban J connectivity index is 1.37. The second-order valence-corrected chi connectivity index (χ2v) is 11.4. The number of ether oxygens (including phenoxy) is 2. The molecule has 12 atom stereocenters. The van der Waals surface area contributed by atoms with Crippen molar-refractivity contribution in [2.45, 2.75) is 33.1 Å². The van der Waals surface area contributed by atoms with E-state index in [9.17, 15) is 19.2 Å². The van der Waals surface area contributed by atoms with E-state index in [1.54, 1.807) is 13.8 Å². The Hall–Kier alpha value is -1.72. The van der Waals surface area contributed by atoms with E-state index < -0.39 is 0 Å². The normalized spacial score (nSPS) is 54.6. The Morgan fingerprint density at radius 2 is 0.806 bits per heavy atom. The molecule has 0 N–H and O–H groups in total. The minimum Gasteiger partial charge on any atom is -0.469 e. The Kier molecular flexibility index (Phi) is 4.12. The van der Waals surface area contributed by atoms with E-state index in [0.717, 1.165) is 19.3 Å². The molecule has 0 heterocycles. The van der Waals surface area contributed by atoms with E-state index in [-0.39, 0.29) is 70.8 Å². The monoisotopic (exact) mass is 428 g/mol.